The SMILES string of the molecule is OCc1cnc(Oc2cc(F)ccc2Br)cn1. The number of aliphatic hydroxyl groups is 1. The van der Waals surface area contributed by atoms with Crippen molar-refractivity contribution in [2.75, 3.05) is 0 Å². The van der Waals surface area contributed by atoms with Crippen LogP contribution in [0.3, 0.4) is 0 Å². The van der Waals surface area contributed by atoms with Crippen LogP contribution in [0.15, 0.2) is 35.1 Å². The summed E-state index contributed by atoms with van der Waals surface area (Å²) in [6, 6.07) is 4.10. The first-order valence-electron chi connectivity index (χ1n) is 4.73. The molecular formula is C11H8BrFN2O2. The van der Waals surface area contributed by atoms with E-state index in [4.69, 9.17) is 9.84 Å². The van der Waals surface area contributed by atoms with Gasteiger partial charge in [0.05, 0.1) is 29.2 Å². The summed E-state index contributed by atoms with van der Waals surface area (Å²) >= 11 is 3.24. The first-order valence-corrected chi connectivity index (χ1v) is 5.53. The number of nitrogens with zero attached hydrogens (tertiary/aromatic N) is 2. The van der Waals surface area contributed by atoms with Crippen LogP contribution in [0.5, 0.6) is 11.6 Å². The molecular weight excluding hydrogens is 291 g/mol. The number of halogens is 2. The van der Waals surface area contributed by atoms with Crippen LogP contribution in [-0.4, -0.2) is 15.1 Å². The van der Waals surface area contributed by atoms with Crippen molar-refractivity contribution in [3.05, 3.63) is 46.6 Å². The highest BCUT2D eigenvalue weighted by Crippen LogP contribution is 2.28. The predicted octanol–water partition coefficient (Wildman–Crippen LogP) is 2.66. The third-order valence-electron chi connectivity index (χ3n) is 1.95. The zero-order valence-corrected chi connectivity index (χ0v) is 10.2. The van der Waals surface area contributed by atoms with E-state index in [1.807, 2.05) is 0 Å². The van der Waals surface area contributed by atoms with Gasteiger partial charge in [0.15, 0.2) is 0 Å². The zero-order chi connectivity index (χ0) is 12.3. The molecule has 0 unspecified atom stereocenters. The molecule has 0 saturated heterocycles. The Morgan fingerprint density at radius 2 is 2.12 bits per heavy atom. The highest BCUT2D eigenvalue weighted by atomic mass is 79.9. The predicted molar refractivity (Wildman–Crippen MR) is 62.1 cm³/mol. The molecule has 0 atom stereocenters. The van der Waals surface area contributed by atoms with E-state index < -0.39 is 5.82 Å². The van der Waals surface area contributed by atoms with E-state index in [9.17, 15) is 4.39 Å². The number of ether oxygens (including phenoxy) is 1. The second kappa shape index (κ2) is 5.20. The number of rotatable bonds is 3. The van der Waals surface area contributed by atoms with E-state index >= 15 is 0 Å². The lowest BCUT2D eigenvalue weighted by molar-refractivity contribution is 0.276. The summed E-state index contributed by atoms with van der Waals surface area (Å²) in [4.78, 5) is 7.83. The average Bonchev–Trinajstić information content (AvgIpc) is 2.35. The maximum absolute atomic E-state index is 13.0. The van der Waals surface area contributed by atoms with Gasteiger partial charge in [-0.15, -0.1) is 0 Å². The summed E-state index contributed by atoms with van der Waals surface area (Å²) in [7, 11) is 0. The van der Waals surface area contributed by atoms with Gasteiger partial charge in [-0.2, -0.15) is 0 Å². The van der Waals surface area contributed by atoms with Crippen LogP contribution in [-0.2, 0) is 6.61 Å². The lowest BCUT2D eigenvalue weighted by atomic mass is 10.3. The number of aliphatic hydroxyl groups excluding tert-OH is 1. The number of hydrogen-bond donors (Lipinski definition) is 1. The third kappa shape index (κ3) is 2.98. The molecule has 0 saturated carbocycles. The molecule has 0 aliphatic rings. The van der Waals surface area contributed by atoms with Gasteiger partial charge in [-0.1, -0.05) is 0 Å². The van der Waals surface area contributed by atoms with Gasteiger partial charge >= 0.3 is 0 Å². The van der Waals surface area contributed by atoms with E-state index in [-0.39, 0.29) is 12.5 Å². The monoisotopic (exact) mass is 298 g/mol. The summed E-state index contributed by atoms with van der Waals surface area (Å²) in [6.07, 6.45) is 2.76. The molecule has 0 spiro atoms. The summed E-state index contributed by atoms with van der Waals surface area (Å²) in [6.45, 7) is -0.184. The van der Waals surface area contributed by atoms with E-state index in [0.717, 1.165) is 0 Å². The van der Waals surface area contributed by atoms with Crippen LogP contribution >= 0.6 is 15.9 Å². The Bertz CT molecular complexity index is 519. The van der Waals surface area contributed by atoms with Crippen LogP contribution in [0.2, 0.25) is 0 Å². The fraction of sp³-hybridized carbons (Fsp3) is 0.0909. The summed E-state index contributed by atoms with van der Waals surface area (Å²) in [5.41, 5.74) is 0.440. The Labute approximate surface area is 105 Å². The quantitative estimate of drug-likeness (QED) is 0.946. The van der Waals surface area contributed by atoms with Crippen molar-refractivity contribution in [3.63, 3.8) is 0 Å². The fourth-order valence-corrected chi connectivity index (χ4v) is 1.47. The molecule has 4 nitrogen and oxygen atoms in total. The average molecular weight is 299 g/mol. The van der Waals surface area contributed by atoms with Gasteiger partial charge in [0, 0.05) is 6.07 Å². The largest absolute Gasteiger partial charge is 0.436 e. The van der Waals surface area contributed by atoms with Crippen molar-refractivity contribution < 1.29 is 14.2 Å². The van der Waals surface area contributed by atoms with Crippen LogP contribution in [0.25, 0.3) is 0 Å². The molecule has 1 aromatic carbocycles. The standard InChI is InChI=1S/C11H8BrFN2O2/c12-9-2-1-7(13)3-10(9)17-11-5-14-8(6-16)4-15-11/h1-5,16H,6H2. The molecule has 2 aromatic rings. The molecule has 0 amide bonds. The second-order valence-corrected chi connectivity index (χ2v) is 4.04. The van der Waals surface area contributed by atoms with Crippen molar-refractivity contribution in [1.29, 1.82) is 0 Å². The van der Waals surface area contributed by atoms with Gasteiger partial charge in [0.25, 0.3) is 0 Å². The fourth-order valence-electron chi connectivity index (χ4n) is 1.15. The zero-order valence-electron chi connectivity index (χ0n) is 8.60. The molecule has 1 N–H and O–H groups in total. The Morgan fingerprint density at radius 3 is 2.76 bits per heavy atom. The normalized spacial score (nSPS) is 10.3. The Balaban J connectivity index is 2.22. The van der Waals surface area contributed by atoms with Crippen LogP contribution < -0.4 is 4.74 Å². The molecule has 0 fully saturated rings. The Hall–Kier alpha value is -1.53. The highest BCUT2D eigenvalue weighted by Gasteiger charge is 2.05. The topological polar surface area (TPSA) is 55.2 Å². The molecule has 0 aliphatic heterocycles. The molecule has 2 rings (SSSR count). The minimum Gasteiger partial charge on any atom is -0.436 e. The van der Waals surface area contributed by atoms with Gasteiger partial charge in [0.1, 0.15) is 11.6 Å². The van der Waals surface area contributed by atoms with E-state index in [2.05, 4.69) is 25.9 Å². The van der Waals surface area contributed by atoms with Crippen molar-refractivity contribution in [1.82, 2.24) is 9.97 Å². The number of aromatic nitrogens is 2. The maximum Gasteiger partial charge on any atom is 0.237 e. The van der Waals surface area contributed by atoms with Crippen molar-refractivity contribution in [2.45, 2.75) is 6.61 Å². The Kier molecular flexibility index (Phi) is 3.65. The molecule has 0 aliphatic carbocycles. The number of hydrogen-bond acceptors (Lipinski definition) is 4. The molecule has 6 heteroatoms. The van der Waals surface area contributed by atoms with Crippen LogP contribution in [0, 0.1) is 5.82 Å². The first kappa shape index (κ1) is 11.9. The molecule has 1 aromatic heterocycles. The van der Waals surface area contributed by atoms with Crippen LogP contribution in [0.4, 0.5) is 4.39 Å². The van der Waals surface area contributed by atoms with E-state index in [1.54, 1.807) is 6.07 Å². The minimum absolute atomic E-state index is 0.184. The Morgan fingerprint density at radius 1 is 1.29 bits per heavy atom. The lowest BCUT2D eigenvalue weighted by Crippen LogP contribution is -1.94. The van der Waals surface area contributed by atoms with Gasteiger partial charge in [-0.25, -0.2) is 9.37 Å². The van der Waals surface area contributed by atoms with Crippen molar-refractivity contribution >= 4 is 15.9 Å². The van der Waals surface area contributed by atoms with Crippen molar-refractivity contribution in [2.24, 2.45) is 0 Å². The van der Waals surface area contributed by atoms with Crippen LogP contribution in [0.1, 0.15) is 5.69 Å². The van der Waals surface area contributed by atoms with E-state index in [0.29, 0.717) is 15.9 Å². The van der Waals surface area contributed by atoms with Crippen molar-refractivity contribution in [3.8, 4) is 11.6 Å². The van der Waals surface area contributed by atoms with Gasteiger partial charge in [-0.05, 0) is 28.1 Å². The highest BCUT2D eigenvalue weighted by molar-refractivity contribution is 9.10. The summed E-state index contributed by atoms with van der Waals surface area (Å²) in [5, 5.41) is 8.80. The second-order valence-electron chi connectivity index (χ2n) is 3.18. The molecule has 88 valence electrons. The van der Waals surface area contributed by atoms with Gasteiger partial charge in [0.2, 0.25) is 5.88 Å². The molecule has 1 heterocycles. The summed E-state index contributed by atoms with van der Waals surface area (Å²) < 4.78 is 19.0. The van der Waals surface area contributed by atoms with Gasteiger partial charge in [-0.3, -0.25) is 4.98 Å². The lowest BCUT2D eigenvalue weighted by Gasteiger charge is -2.06. The molecule has 0 radical (unpaired) electrons. The summed E-state index contributed by atoms with van der Waals surface area (Å²) in [5.74, 6) is 0.146. The smallest absolute Gasteiger partial charge is 0.237 e. The van der Waals surface area contributed by atoms with Gasteiger partial charge < -0.3 is 9.84 Å². The minimum atomic E-state index is -0.400. The first-order chi connectivity index (χ1) is 8.19. The van der Waals surface area contributed by atoms with E-state index in [1.165, 1.54) is 24.5 Å². The maximum atomic E-state index is 13.0. The number of benzene rings is 1. The molecule has 0 bridgehead atoms. The molecule has 17 heavy (non-hydrogen) atoms. The third-order valence-corrected chi connectivity index (χ3v) is 2.61.